The van der Waals surface area contributed by atoms with Gasteiger partial charge in [0, 0.05) is 26.3 Å². The van der Waals surface area contributed by atoms with Crippen LogP contribution in [-0.4, -0.2) is 15.2 Å². The van der Waals surface area contributed by atoms with Crippen molar-refractivity contribution < 1.29 is 0 Å². The lowest BCUT2D eigenvalue weighted by atomic mass is 10.2. The number of nitrogens with two attached hydrogens (primary N) is 1. The molecule has 1 heterocycles. The average Bonchev–Trinajstić information content (AvgIpc) is 2.88. The number of rotatable bonds is 2. The number of hydrogen-bond acceptors (Lipinski definition) is 3. The predicted octanol–water partition coefficient (Wildman–Crippen LogP) is 4.14. The van der Waals surface area contributed by atoms with Gasteiger partial charge in [0.05, 0.1) is 0 Å². The van der Waals surface area contributed by atoms with Gasteiger partial charge in [0.25, 0.3) is 0 Å². The van der Waals surface area contributed by atoms with Crippen LogP contribution in [0.5, 0.6) is 0 Å². The number of nitrogens with zero attached hydrogens (tertiary/aromatic N) is 2. The van der Waals surface area contributed by atoms with E-state index in [0.717, 1.165) is 15.6 Å². The van der Waals surface area contributed by atoms with E-state index in [1.807, 2.05) is 42.5 Å². The molecule has 6 heteroatoms. The van der Waals surface area contributed by atoms with E-state index < -0.39 is 0 Å². The monoisotopic (exact) mass is 348 g/mol. The lowest BCUT2D eigenvalue weighted by molar-refractivity contribution is 1.10. The van der Waals surface area contributed by atoms with E-state index in [9.17, 15) is 0 Å². The Balaban J connectivity index is 1.99. The van der Waals surface area contributed by atoms with E-state index >= 15 is 0 Å². The third-order valence-electron chi connectivity index (χ3n) is 2.79. The Morgan fingerprint density at radius 2 is 1.80 bits per heavy atom. The van der Waals surface area contributed by atoms with E-state index in [2.05, 4.69) is 31.1 Å². The summed E-state index contributed by atoms with van der Waals surface area (Å²) in [4.78, 5) is 4.48. The fraction of sp³-hybridized carbons (Fsp3) is 0. The summed E-state index contributed by atoms with van der Waals surface area (Å²) in [7, 11) is 0. The normalized spacial score (nSPS) is 10.7. The number of halogens is 2. The van der Waals surface area contributed by atoms with Crippen molar-refractivity contribution >= 4 is 33.2 Å². The Hall–Kier alpha value is -1.85. The van der Waals surface area contributed by atoms with Gasteiger partial charge in [-0.1, -0.05) is 27.5 Å². The first kappa shape index (κ1) is 13.1. The van der Waals surface area contributed by atoms with Gasteiger partial charge in [-0.15, -0.1) is 0 Å². The van der Waals surface area contributed by atoms with Crippen molar-refractivity contribution in [3.63, 3.8) is 0 Å². The van der Waals surface area contributed by atoms with Crippen LogP contribution in [0, 0.1) is 0 Å². The van der Waals surface area contributed by atoms with Gasteiger partial charge in [-0.05, 0) is 42.5 Å². The molecule has 0 aliphatic rings. The Bertz CT molecular complexity index is 732. The minimum atomic E-state index is 0.597. The number of H-pyrrole nitrogens is 1. The molecule has 0 fully saturated rings. The van der Waals surface area contributed by atoms with Crippen LogP contribution >= 0.6 is 27.5 Å². The first-order valence-corrected chi connectivity index (χ1v) is 7.04. The zero-order chi connectivity index (χ0) is 14.1. The number of nitrogens with one attached hydrogen (secondary N) is 1. The van der Waals surface area contributed by atoms with E-state index in [0.29, 0.717) is 22.4 Å². The van der Waals surface area contributed by atoms with E-state index in [1.165, 1.54) is 0 Å². The lowest BCUT2D eigenvalue weighted by Crippen LogP contribution is -1.85. The molecule has 0 unspecified atom stereocenters. The second kappa shape index (κ2) is 5.26. The van der Waals surface area contributed by atoms with Crippen LogP contribution < -0.4 is 5.73 Å². The fourth-order valence-corrected chi connectivity index (χ4v) is 2.70. The van der Waals surface area contributed by atoms with Gasteiger partial charge >= 0.3 is 0 Å². The highest BCUT2D eigenvalue weighted by atomic mass is 79.9. The van der Waals surface area contributed by atoms with Gasteiger partial charge in [-0.2, -0.15) is 5.10 Å². The van der Waals surface area contributed by atoms with Crippen molar-refractivity contribution in [2.45, 2.75) is 0 Å². The maximum atomic E-state index is 6.03. The summed E-state index contributed by atoms with van der Waals surface area (Å²) in [6.07, 6.45) is 0. The number of aromatic amines is 1. The second-order valence-electron chi connectivity index (χ2n) is 4.29. The highest BCUT2D eigenvalue weighted by molar-refractivity contribution is 9.10. The third-order valence-corrected chi connectivity index (χ3v) is 3.47. The Morgan fingerprint density at radius 1 is 1.05 bits per heavy atom. The van der Waals surface area contributed by atoms with Crippen LogP contribution in [0.15, 0.2) is 46.9 Å². The maximum Gasteiger partial charge on any atom is 0.181 e. The van der Waals surface area contributed by atoms with Crippen molar-refractivity contribution in [3.8, 4) is 22.8 Å². The van der Waals surface area contributed by atoms with E-state index in [1.54, 1.807) is 0 Å². The molecule has 0 saturated heterocycles. The Labute approximate surface area is 129 Å². The summed E-state index contributed by atoms with van der Waals surface area (Å²) in [6.45, 7) is 0. The van der Waals surface area contributed by atoms with Crippen LogP contribution in [0.2, 0.25) is 5.02 Å². The van der Waals surface area contributed by atoms with Gasteiger partial charge in [0.2, 0.25) is 0 Å². The zero-order valence-electron chi connectivity index (χ0n) is 10.3. The highest BCUT2D eigenvalue weighted by Gasteiger charge is 2.09. The molecule has 20 heavy (non-hydrogen) atoms. The molecule has 0 saturated carbocycles. The molecule has 0 atom stereocenters. The van der Waals surface area contributed by atoms with Crippen LogP contribution in [0.1, 0.15) is 0 Å². The maximum absolute atomic E-state index is 6.03. The molecule has 0 aliphatic carbocycles. The van der Waals surface area contributed by atoms with Gasteiger partial charge in [-0.3, -0.25) is 5.10 Å². The number of anilines is 1. The highest BCUT2D eigenvalue weighted by Crippen LogP contribution is 2.26. The Morgan fingerprint density at radius 3 is 2.50 bits per heavy atom. The number of benzene rings is 2. The average molecular weight is 350 g/mol. The molecular weight excluding hydrogens is 340 g/mol. The smallest absolute Gasteiger partial charge is 0.181 e. The topological polar surface area (TPSA) is 67.6 Å². The van der Waals surface area contributed by atoms with Gasteiger partial charge < -0.3 is 5.73 Å². The molecule has 0 radical (unpaired) electrons. The second-order valence-corrected chi connectivity index (χ2v) is 5.64. The molecule has 4 nitrogen and oxygen atoms in total. The van der Waals surface area contributed by atoms with Crippen molar-refractivity contribution in [2.24, 2.45) is 0 Å². The van der Waals surface area contributed by atoms with Crippen molar-refractivity contribution in [3.05, 3.63) is 52.0 Å². The lowest BCUT2D eigenvalue weighted by Gasteiger charge is -1.98. The first-order chi connectivity index (χ1) is 9.61. The largest absolute Gasteiger partial charge is 0.399 e. The molecule has 0 aliphatic heterocycles. The molecule has 100 valence electrons. The predicted molar refractivity (Wildman–Crippen MR) is 84.4 cm³/mol. The van der Waals surface area contributed by atoms with Crippen LogP contribution in [0.3, 0.4) is 0 Å². The number of aromatic nitrogens is 3. The van der Waals surface area contributed by atoms with Crippen molar-refractivity contribution in [2.75, 3.05) is 5.73 Å². The summed E-state index contributed by atoms with van der Waals surface area (Å²) in [5, 5.41) is 7.77. The minimum Gasteiger partial charge on any atom is -0.399 e. The molecule has 3 rings (SSSR count). The number of hydrogen-bond donors (Lipinski definition) is 2. The first-order valence-electron chi connectivity index (χ1n) is 5.86. The molecule has 3 N–H and O–H groups in total. The standard InChI is InChI=1S/C14H10BrClN4/c15-10-5-9(6-11(16)7-10)14-18-13(19-20-14)8-1-3-12(17)4-2-8/h1-7H,17H2,(H,18,19,20). The summed E-state index contributed by atoms with van der Waals surface area (Å²) in [5.74, 6) is 1.29. The summed E-state index contributed by atoms with van der Waals surface area (Å²) < 4.78 is 0.888. The molecule has 2 aromatic carbocycles. The van der Waals surface area contributed by atoms with E-state index in [4.69, 9.17) is 17.3 Å². The molecule has 0 bridgehead atoms. The van der Waals surface area contributed by atoms with Crippen LogP contribution in [0.25, 0.3) is 22.8 Å². The van der Waals surface area contributed by atoms with Crippen LogP contribution in [0.4, 0.5) is 5.69 Å². The van der Waals surface area contributed by atoms with Crippen molar-refractivity contribution in [1.29, 1.82) is 0 Å². The zero-order valence-corrected chi connectivity index (χ0v) is 12.6. The van der Waals surface area contributed by atoms with Gasteiger partial charge in [-0.25, -0.2) is 4.98 Å². The number of nitrogen functional groups attached to an aromatic ring is 1. The van der Waals surface area contributed by atoms with Crippen LogP contribution in [-0.2, 0) is 0 Å². The quantitative estimate of drug-likeness (QED) is 0.683. The molecule has 0 spiro atoms. The summed E-state index contributed by atoms with van der Waals surface area (Å²) in [6, 6.07) is 13.0. The van der Waals surface area contributed by atoms with Gasteiger partial charge in [0.1, 0.15) is 0 Å². The van der Waals surface area contributed by atoms with Gasteiger partial charge in [0.15, 0.2) is 11.6 Å². The summed E-state index contributed by atoms with van der Waals surface area (Å²) >= 11 is 9.44. The van der Waals surface area contributed by atoms with Crippen molar-refractivity contribution in [1.82, 2.24) is 15.2 Å². The summed E-state index contributed by atoms with van der Waals surface area (Å²) in [5.41, 5.74) is 8.16. The Kier molecular flexibility index (Phi) is 3.46. The minimum absolute atomic E-state index is 0.597. The fourth-order valence-electron chi connectivity index (χ4n) is 1.84. The SMILES string of the molecule is Nc1ccc(-c2nc(-c3cc(Cl)cc(Br)c3)n[nH]2)cc1. The molecule has 3 aromatic rings. The van der Waals surface area contributed by atoms with E-state index in [-0.39, 0.29) is 0 Å². The molecule has 1 aromatic heterocycles. The molecular formula is C14H10BrClN4. The molecule has 0 amide bonds. The third kappa shape index (κ3) is 2.69.